The van der Waals surface area contributed by atoms with Gasteiger partial charge >= 0.3 is 0 Å². The highest BCUT2D eigenvalue weighted by molar-refractivity contribution is 7.80. The van der Waals surface area contributed by atoms with E-state index in [4.69, 9.17) is 16.6 Å². The molecule has 0 aliphatic carbocycles. The molecule has 7 heteroatoms. The molecular formula is C30H25F4NOS. The van der Waals surface area contributed by atoms with Crippen LogP contribution >= 0.6 is 12.2 Å². The van der Waals surface area contributed by atoms with Crippen LogP contribution in [0.15, 0.2) is 77.2 Å². The number of furan rings is 1. The van der Waals surface area contributed by atoms with Gasteiger partial charge in [0.1, 0.15) is 28.0 Å². The zero-order chi connectivity index (χ0) is 26.2. The SMILES string of the molecule is CC=CCc1cc2cc(-c3ccc(C(=S)N4CCC(F)(F)CC4)cc3)cc(-c3ccc(F)cc3F)c2o1. The van der Waals surface area contributed by atoms with Gasteiger partial charge in [-0.25, -0.2) is 17.6 Å². The molecule has 0 N–H and O–H groups in total. The second kappa shape index (κ2) is 10.1. The molecule has 37 heavy (non-hydrogen) atoms. The predicted molar refractivity (Wildman–Crippen MR) is 143 cm³/mol. The Morgan fingerprint density at radius 1 is 0.946 bits per heavy atom. The van der Waals surface area contributed by atoms with Gasteiger partial charge < -0.3 is 9.32 Å². The van der Waals surface area contributed by atoms with E-state index in [0.717, 1.165) is 33.9 Å². The zero-order valence-electron chi connectivity index (χ0n) is 20.2. The second-order valence-electron chi connectivity index (χ2n) is 9.28. The molecule has 3 aromatic carbocycles. The highest BCUT2D eigenvalue weighted by atomic mass is 32.1. The maximum absolute atomic E-state index is 14.8. The van der Waals surface area contributed by atoms with Crippen LogP contribution in [0.5, 0.6) is 0 Å². The number of piperidine rings is 1. The van der Waals surface area contributed by atoms with Crippen LogP contribution in [-0.2, 0) is 6.42 Å². The molecule has 190 valence electrons. The van der Waals surface area contributed by atoms with Crippen LogP contribution in [0, 0.1) is 11.6 Å². The molecular weight excluding hydrogens is 498 g/mol. The lowest BCUT2D eigenvalue weighted by Gasteiger charge is -2.33. The Morgan fingerprint density at radius 3 is 2.35 bits per heavy atom. The van der Waals surface area contributed by atoms with Crippen LogP contribution in [-0.4, -0.2) is 28.9 Å². The van der Waals surface area contributed by atoms with E-state index in [1.165, 1.54) is 12.1 Å². The summed E-state index contributed by atoms with van der Waals surface area (Å²) in [6.07, 6.45) is 4.10. The number of alkyl halides is 2. The van der Waals surface area contributed by atoms with Gasteiger partial charge in [-0.1, -0.05) is 48.6 Å². The monoisotopic (exact) mass is 523 g/mol. The van der Waals surface area contributed by atoms with Gasteiger partial charge in [0.25, 0.3) is 5.92 Å². The quantitative estimate of drug-likeness (QED) is 0.148. The van der Waals surface area contributed by atoms with E-state index in [1.54, 1.807) is 0 Å². The first-order valence-corrected chi connectivity index (χ1v) is 12.6. The summed E-state index contributed by atoms with van der Waals surface area (Å²) in [5.41, 5.74) is 3.81. The Hall–Kier alpha value is -3.45. The molecule has 1 saturated heterocycles. The van der Waals surface area contributed by atoms with Gasteiger partial charge in [0, 0.05) is 60.5 Å². The lowest BCUT2D eigenvalue weighted by Crippen LogP contribution is -2.42. The molecule has 5 rings (SSSR count). The molecule has 0 radical (unpaired) electrons. The number of benzene rings is 3. The number of rotatable bonds is 5. The van der Waals surface area contributed by atoms with E-state index < -0.39 is 17.6 Å². The summed E-state index contributed by atoms with van der Waals surface area (Å²) in [6.45, 7) is 2.38. The van der Waals surface area contributed by atoms with Crippen molar-refractivity contribution in [2.45, 2.75) is 32.1 Å². The maximum atomic E-state index is 14.8. The highest BCUT2D eigenvalue weighted by Gasteiger charge is 2.34. The molecule has 1 aliphatic rings. The topological polar surface area (TPSA) is 16.4 Å². The van der Waals surface area contributed by atoms with Crippen molar-refractivity contribution in [3.05, 3.63) is 95.8 Å². The van der Waals surface area contributed by atoms with Gasteiger partial charge in [0.15, 0.2) is 0 Å². The summed E-state index contributed by atoms with van der Waals surface area (Å²) in [7, 11) is 0. The minimum atomic E-state index is -2.63. The standard InChI is InChI=1S/C30H25F4NOS/c1-2-3-4-24-16-22-15-21(17-26(28(22)36-24)25-10-9-23(31)18-27(25)32)19-5-7-20(8-6-19)29(37)35-13-11-30(33,34)12-14-35/h2-3,5-10,15-18H,4,11-14H2,1H3. The summed E-state index contributed by atoms with van der Waals surface area (Å²) in [5.74, 6) is -3.21. The van der Waals surface area contributed by atoms with Gasteiger partial charge in [0.2, 0.25) is 0 Å². The van der Waals surface area contributed by atoms with Crippen molar-refractivity contribution < 1.29 is 22.0 Å². The Morgan fingerprint density at radius 2 is 1.68 bits per heavy atom. The lowest BCUT2D eigenvalue weighted by molar-refractivity contribution is -0.0430. The molecule has 2 nitrogen and oxygen atoms in total. The molecule has 0 spiro atoms. The van der Waals surface area contributed by atoms with E-state index in [2.05, 4.69) is 0 Å². The van der Waals surface area contributed by atoms with Crippen molar-refractivity contribution in [1.82, 2.24) is 4.90 Å². The maximum Gasteiger partial charge on any atom is 0.251 e. The summed E-state index contributed by atoms with van der Waals surface area (Å²) in [4.78, 5) is 2.37. The Bertz CT molecular complexity index is 1480. The molecule has 2 heterocycles. The van der Waals surface area contributed by atoms with Crippen LogP contribution in [0.1, 0.15) is 31.1 Å². The first kappa shape index (κ1) is 25.2. The minimum Gasteiger partial charge on any atom is -0.460 e. The van der Waals surface area contributed by atoms with Crippen LogP contribution < -0.4 is 0 Å². The molecule has 0 saturated carbocycles. The third kappa shape index (κ3) is 5.32. The molecule has 0 atom stereocenters. The predicted octanol–water partition coefficient (Wildman–Crippen LogP) is 8.57. The summed E-state index contributed by atoms with van der Waals surface area (Å²) in [5, 5.41) is 0.810. The number of fused-ring (bicyclic) bond motifs is 1. The van der Waals surface area contributed by atoms with Gasteiger partial charge in [-0.05, 0) is 48.4 Å². The fourth-order valence-electron chi connectivity index (χ4n) is 4.64. The van der Waals surface area contributed by atoms with Gasteiger partial charge in [0.05, 0.1) is 0 Å². The number of hydrogen-bond acceptors (Lipinski definition) is 2. The molecule has 0 amide bonds. The summed E-state index contributed by atoms with van der Waals surface area (Å²) >= 11 is 5.58. The molecule has 1 aliphatic heterocycles. The average molecular weight is 524 g/mol. The van der Waals surface area contributed by atoms with Crippen molar-refractivity contribution in [3.63, 3.8) is 0 Å². The first-order chi connectivity index (χ1) is 17.7. The minimum absolute atomic E-state index is 0.200. The van der Waals surface area contributed by atoms with Crippen molar-refractivity contribution >= 4 is 28.2 Å². The number of nitrogens with zero attached hydrogens (tertiary/aromatic N) is 1. The van der Waals surface area contributed by atoms with E-state index >= 15 is 0 Å². The first-order valence-electron chi connectivity index (χ1n) is 12.1. The molecule has 0 unspecified atom stereocenters. The summed E-state index contributed by atoms with van der Waals surface area (Å²) < 4.78 is 61.6. The normalized spacial score (nSPS) is 15.5. The van der Waals surface area contributed by atoms with Crippen molar-refractivity contribution in [2.24, 2.45) is 0 Å². The fourth-order valence-corrected chi connectivity index (χ4v) is 4.96. The number of hydrogen-bond donors (Lipinski definition) is 0. The number of allylic oxidation sites excluding steroid dienone is 2. The molecule has 4 aromatic rings. The Labute approximate surface area is 218 Å². The van der Waals surface area contributed by atoms with Crippen LogP contribution in [0.25, 0.3) is 33.2 Å². The lowest BCUT2D eigenvalue weighted by atomic mass is 9.95. The van der Waals surface area contributed by atoms with E-state index in [-0.39, 0.29) is 31.5 Å². The molecule has 1 fully saturated rings. The summed E-state index contributed by atoms with van der Waals surface area (Å²) in [6, 6.07) is 16.8. The van der Waals surface area contributed by atoms with Crippen LogP contribution in [0.2, 0.25) is 0 Å². The largest absolute Gasteiger partial charge is 0.460 e. The van der Waals surface area contributed by atoms with E-state index in [0.29, 0.717) is 22.6 Å². The fraction of sp³-hybridized carbons (Fsp3) is 0.233. The van der Waals surface area contributed by atoms with E-state index in [1.807, 2.05) is 66.4 Å². The smallest absolute Gasteiger partial charge is 0.251 e. The van der Waals surface area contributed by atoms with Gasteiger partial charge in [-0.15, -0.1) is 0 Å². The van der Waals surface area contributed by atoms with Gasteiger partial charge in [-0.3, -0.25) is 0 Å². The third-order valence-electron chi connectivity index (χ3n) is 6.69. The third-order valence-corrected chi connectivity index (χ3v) is 7.18. The van der Waals surface area contributed by atoms with Crippen LogP contribution in [0.3, 0.4) is 0 Å². The second-order valence-corrected chi connectivity index (χ2v) is 9.66. The number of halogens is 4. The van der Waals surface area contributed by atoms with Crippen molar-refractivity contribution in [1.29, 1.82) is 0 Å². The average Bonchev–Trinajstić information content (AvgIpc) is 3.30. The Balaban J connectivity index is 1.51. The molecule has 1 aromatic heterocycles. The number of likely N-dealkylation sites (tertiary alicyclic amines) is 1. The van der Waals surface area contributed by atoms with Crippen molar-refractivity contribution in [3.8, 4) is 22.3 Å². The molecule has 0 bridgehead atoms. The van der Waals surface area contributed by atoms with E-state index in [9.17, 15) is 17.6 Å². The Kier molecular flexibility index (Phi) is 6.90. The number of thiocarbonyl (C=S) groups is 1. The van der Waals surface area contributed by atoms with Crippen molar-refractivity contribution in [2.75, 3.05) is 13.1 Å². The highest BCUT2D eigenvalue weighted by Crippen LogP contribution is 2.37. The van der Waals surface area contributed by atoms with Gasteiger partial charge in [-0.2, -0.15) is 0 Å². The van der Waals surface area contributed by atoms with Crippen LogP contribution in [0.4, 0.5) is 17.6 Å². The zero-order valence-corrected chi connectivity index (χ0v) is 21.1.